The average Bonchev–Trinajstić information content (AvgIpc) is 3.42. The van der Waals surface area contributed by atoms with E-state index in [2.05, 4.69) is 5.32 Å². The summed E-state index contributed by atoms with van der Waals surface area (Å²) in [4.78, 5) is 38.8. The second-order valence-electron chi connectivity index (χ2n) is 9.83. The molecule has 2 fully saturated rings. The molecular weight excluding hydrogens is 533 g/mol. The molecule has 2 saturated heterocycles. The molecule has 0 aromatic heterocycles. The van der Waals surface area contributed by atoms with Crippen LogP contribution in [-0.2, 0) is 20.7 Å². The summed E-state index contributed by atoms with van der Waals surface area (Å²) in [5, 5.41) is 3.45. The van der Waals surface area contributed by atoms with Crippen LogP contribution in [0.25, 0.3) is 0 Å². The fraction of sp³-hybridized carbons (Fsp3) is 0.444. The topological polar surface area (TPSA) is 120 Å². The lowest BCUT2D eigenvalue weighted by Crippen LogP contribution is -2.42. The Kier molecular flexibility index (Phi) is 9.87. The number of carbonyl (C=O) groups is 3. The normalized spacial score (nSPS) is 19.9. The number of ether oxygens (including phenoxy) is 3. The van der Waals surface area contributed by atoms with E-state index in [1.54, 1.807) is 55.1 Å². The van der Waals surface area contributed by atoms with Crippen LogP contribution in [-0.4, -0.2) is 59.9 Å². The summed E-state index contributed by atoms with van der Waals surface area (Å²) in [6, 6.07) is 14.0. The van der Waals surface area contributed by atoms with Gasteiger partial charge in [-0.3, -0.25) is 4.79 Å². The molecule has 3 N–H and O–H groups in total. The van der Waals surface area contributed by atoms with E-state index in [9.17, 15) is 14.4 Å². The van der Waals surface area contributed by atoms with Crippen molar-refractivity contribution in [3.8, 4) is 5.75 Å². The van der Waals surface area contributed by atoms with Gasteiger partial charge in [0.1, 0.15) is 5.75 Å². The zero-order valence-corrected chi connectivity index (χ0v) is 22.9. The van der Waals surface area contributed by atoms with E-state index in [-0.39, 0.29) is 36.4 Å². The Balaban J connectivity index is 0.00000400. The maximum atomic E-state index is 12.6. The molecular formula is C27H33Cl2N3O6. The van der Waals surface area contributed by atoms with E-state index in [0.717, 1.165) is 24.8 Å². The van der Waals surface area contributed by atoms with E-state index in [4.69, 9.17) is 31.5 Å². The van der Waals surface area contributed by atoms with Crippen molar-refractivity contribution >= 4 is 42.0 Å². The first-order valence-corrected chi connectivity index (χ1v) is 12.7. The third-order valence-electron chi connectivity index (χ3n) is 6.76. The molecule has 2 aliphatic heterocycles. The highest BCUT2D eigenvalue weighted by Crippen LogP contribution is 2.37. The number of nitrogens with zero attached hydrogens (tertiary/aromatic N) is 1. The lowest BCUT2D eigenvalue weighted by atomic mass is 9.97. The van der Waals surface area contributed by atoms with E-state index >= 15 is 0 Å². The predicted octanol–water partition coefficient (Wildman–Crippen LogP) is 4.09. The van der Waals surface area contributed by atoms with Crippen molar-refractivity contribution in [2.24, 2.45) is 5.73 Å². The summed E-state index contributed by atoms with van der Waals surface area (Å²) >= 11 is 5.85. The number of nitrogens with two attached hydrogens (primary N) is 1. The SMILES string of the molecule is CC(C)(Oc1ccc(CCNC(=O)c2ccc(Cl)cc2)cc1)C(=O)OCOC(=O)N1[C@H]2CC[C@@H]1[C@@H](N)C2.Cl. The first kappa shape index (κ1) is 29.5. The van der Waals surface area contributed by atoms with Crippen molar-refractivity contribution in [1.29, 1.82) is 0 Å². The fourth-order valence-electron chi connectivity index (χ4n) is 4.79. The van der Waals surface area contributed by atoms with Crippen LogP contribution < -0.4 is 15.8 Å². The number of amides is 2. The van der Waals surface area contributed by atoms with Crippen LogP contribution in [0.2, 0.25) is 5.02 Å². The summed E-state index contributed by atoms with van der Waals surface area (Å²) in [6.45, 7) is 3.13. The van der Waals surface area contributed by atoms with Crippen molar-refractivity contribution in [3.05, 3.63) is 64.7 Å². The van der Waals surface area contributed by atoms with Gasteiger partial charge in [0.05, 0.1) is 6.04 Å². The average molecular weight is 566 g/mol. The smallest absolute Gasteiger partial charge is 0.413 e. The number of esters is 1. The molecule has 4 rings (SSSR count). The molecule has 0 radical (unpaired) electrons. The van der Waals surface area contributed by atoms with Gasteiger partial charge in [0, 0.05) is 29.2 Å². The molecule has 2 heterocycles. The van der Waals surface area contributed by atoms with Crippen LogP contribution in [0.1, 0.15) is 49.0 Å². The Bertz CT molecular complexity index is 1130. The molecule has 2 aromatic rings. The minimum Gasteiger partial charge on any atom is -0.476 e. The van der Waals surface area contributed by atoms with Crippen molar-refractivity contribution < 1.29 is 28.6 Å². The molecule has 2 aromatic carbocycles. The molecule has 9 nitrogen and oxygen atoms in total. The molecule has 206 valence electrons. The standard InChI is InChI=1S/C27H32ClN3O6.ClH/c1-27(2,25(33)35-16-36-26(34)31-20-9-12-23(31)22(29)15-20)37-21-10-3-17(4-11-21)13-14-30-24(32)18-5-7-19(28)8-6-18;/h3-8,10-11,20,22-23H,9,12-16,29H2,1-2H3,(H,30,32);1H/t20-,22-,23+;/m0./s1. The number of fused-ring (bicyclic) bond motifs is 2. The first-order valence-electron chi connectivity index (χ1n) is 12.3. The van der Waals surface area contributed by atoms with Gasteiger partial charge in [0.25, 0.3) is 5.91 Å². The van der Waals surface area contributed by atoms with Crippen LogP contribution in [0.15, 0.2) is 48.5 Å². The molecule has 0 aliphatic carbocycles. The minimum atomic E-state index is -1.30. The van der Waals surface area contributed by atoms with Gasteiger partial charge in [0.2, 0.25) is 6.79 Å². The Morgan fingerprint density at radius 3 is 2.34 bits per heavy atom. The Morgan fingerprint density at radius 1 is 1.05 bits per heavy atom. The zero-order chi connectivity index (χ0) is 26.6. The lowest BCUT2D eigenvalue weighted by Gasteiger charge is -2.25. The third-order valence-corrected chi connectivity index (χ3v) is 7.01. The van der Waals surface area contributed by atoms with Crippen LogP contribution >= 0.6 is 24.0 Å². The molecule has 2 aliphatic rings. The number of carbonyl (C=O) groups excluding carboxylic acids is 3. The zero-order valence-electron chi connectivity index (χ0n) is 21.4. The van der Waals surface area contributed by atoms with Crippen molar-refractivity contribution in [2.45, 2.75) is 63.3 Å². The number of benzene rings is 2. The first-order chi connectivity index (χ1) is 17.6. The Hall–Kier alpha value is -3.01. The quantitative estimate of drug-likeness (QED) is 0.347. The summed E-state index contributed by atoms with van der Waals surface area (Å²) in [5.41, 5.74) is 6.30. The maximum absolute atomic E-state index is 12.6. The van der Waals surface area contributed by atoms with Crippen LogP contribution in [0.4, 0.5) is 4.79 Å². The minimum absolute atomic E-state index is 0. The monoisotopic (exact) mass is 565 g/mol. The number of hydrogen-bond acceptors (Lipinski definition) is 7. The number of nitrogens with one attached hydrogen (secondary N) is 1. The molecule has 2 amide bonds. The summed E-state index contributed by atoms with van der Waals surface area (Å²) < 4.78 is 16.2. The van der Waals surface area contributed by atoms with Crippen LogP contribution in [0.5, 0.6) is 5.75 Å². The maximum Gasteiger partial charge on any atom is 0.413 e. The summed E-state index contributed by atoms with van der Waals surface area (Å²) in [6.07, 6.45) is 2.69. The molecule has 0 saturated carbocycles. The molecule has 0 spiro atoms. The Labute approximate surface area is 233 Å². The highest BCUT2D eigenvalue weighted by Gasteiger charge is 2.48. The van der Waals surface area contributed by atoms with Crippen LogP contribution in [0.3, 0.4) is 0 Å². The van der Waals surface area contributed by atoms with Crippen LogP contribution in [0, 0.1) is 0 Å². The van der Waals surface area contributed by atoms with E-state index in [0.29, 0.717) is 29.3 Å². The van der Waals surface area contributed by atoms with Gasteiger partial charge in [-0.05, 0) is 81.5 Å². The molecule has 3 atom stereocenters. The van der Waals surface area contributed by atoms with Gasteiger partial charge in [-0.15, -0.1) is 12.4 Å². The van der Waals surface area contributed by atoms with Crippen molar-refractivity contribution in [1.82, 2.24) is 10.2 Å². The van der Waals surface area contributed by atoms with Gasteiger partial charge < -0.3 is 30.2 Å². The van der Waals surface area contributed by atoms with E-state index < -0.39 is 24.5 Å². The highest BCUT2D eigenvalue weighted by atomic mass is 35.5. The lowest BCUT2D eigenvalue weighted by molar-refractivity contribution is -0.168. The highest BCUT2D eigenvalue weighted by molar-refractivity contribution is 6.30. The molecule has 2 bridgehead atoms. The summed E-state index contributed by atoms with van der Waals surface area (Å²) in [5.74, 6) is -0.343. The second-order valence-corrected chi connectivity index (χ2v) is 10.3. The van der Waals surface area contributed by atoms with E-state index in [1.807, 2.05) is 12.1 Å². The van der Waals surface area contributed by atoms with Gasteiger partial charge in [-0.1, -0.05) is 23.7 Å². The number of rotatable bonds is 9. The van der Waals surface area contributed by atoms with Gasteiger partial charge in [-0.25, -0.2) is 9.59 Å². The Morgan fingerprint density at radius 2 is 1.74 bits per heavy atom. The second kappa shape index (κ2) is 12.7. The van der Waals surface area contributed by atoms with Crippen molar-refractivity contribution in [3.63, 3.8) is 0 Å². The number of halogens is 2. The number of hydrogen-bond donors (Lipinski definition) is 2. The van der Waals surface area contributed by atoms with Gasteiger partial charge in [-0.2, -0.15) is 0 Å². The van der Waals surface area contributed by atoms with E-state index in [1.165, 1.54) is 0 Å². The third kappa shape index (κ3) is 7.09. The van der Waals surface area contributed by atoms with Gasteiger partial charge >= 0.3 is 12.1 Å². The van der Waals surface area contributed by atoms with Gasteiger partial charge in [0.15, 0.2) is 5.60 Å². The molecule has 11 heteroatoms. The van der Waals surface area contributed by atoms with Crippen molar-refractivity contribution in [2.75, 3.05) is 13.3 Å². The molecule has 38 heavy (non-hydrogen) atoms. The summed E-state index contributed by atoms with van der Waals surface area (Å²) in [7, 11) is 0. The predicted molar refractivity (Wildman–Crippen MR) is 145 cm³/mol. The largest absolute Gasteiger partial charge is 0.476 e. The molecule has 0 unspecified atom stereocenters. The fourth-order valence-corrected chi connectivity index (χ4v) is 4.91.